The Labute approximate surface area is 180 Å². The zero-order chi connectivity index (χ0) is 21.6. The lowest BCUT2D eigenvalue weighted by Crippen LogP contribution is -2.31. The minimum Gasteiger partial charge on any atom is -0.325 e. The fraction of sp³-hybridized carbons (Fsp3) is 0.208. The van der Waals surface area contributed by atoms with Gasteiger partial charge in [0.2, 0.25) is 5.91 Å². The van der Waals surface area contributed by atoms with Crippen LogP contribution in [0.15, 0.2) is 72.9 Å². The molecule has 1 aliphatic rings. The number of halogens is 1. The topological polar surface area (TPSA) is 65.5 Å². The number of nitrogens with one attached hydrogen (secondary N) is 1. The Balaban J connectivity index is 1.31. The summed E-state index contributed by atoms with van der Waals surface area (Å²) in [5.74, 6) is 0.157. The Kier molecular flexibility index (Phi) is 6.21. The minimum absolute atomic E-state index is 0.0823. The van der Waals surface area contributed by atoms with E-state index >= 15 is 0 Å². The molecule has 1 fully saturated rings. The van der Waals surface area contributed by atoms with Crippen molar-refractivity contribution in [1.29, 1.82) is 0 Å². The molecule has 0 spiro atoms. The van der Waals surface area contributed by atoms with Gasteiger partial charge in [-0.25, -0.2) is 14.2 Å². The van der Waals surface area contributed by atoms with Gasteiger partial charge in [0, 0.05) is 26.1 Å². The number of carbonyl (C=O) groups is 2. The fourth-order valence-electron chi connectivity index (χ4n) is 3.50. The number of nitrogens with zero attached hydrogens (tertiary/aromatic N) is 3. The smallest absolute Gasteiger partial charge is 0.325 e. The van der Waals surface area contributed by atoms with Crippen LogP contribution in [-0.4, -0.2) is 34.9 Å². The summed E-state index contributed by atoms with van der Waals surface area (Å²) in [6, 6.07) is 19.3. The Morgan fingerprint density at radius 2 is 1.74 bits per heavy atom. The summed E-state index contributed by atoms with van der Waals surface area (Å²) in [5, 5.41) is 2.84. The third-order valence-corrected chi connectivity index (χ3v) is 5.17. The molecule has 2 heterocycles. The Morgan fingerprint density at radius 3 is 2.45 bits per heavy atom. The largest absolute Gasteiger partial charge is 0.326 e. The van der Waals surface area contributed by atoms with Gasteiger partial charge in [0.1, 0.15) is 11.6 Å². The number of amides is 3. The molecule has 2 aromatic carbocycles. The molecule has 0 saturated carbocycles. The highest BCUT2D eigenvalue weighted by atomic mass is 19.1. The van der Waals surface area contributed by atoms with Gasteiger partial charge in [0.15, 0.2) is 0 Å². The molecule has 0 radical (unpaired) electrons. The van der Waals surface area contributed by atoms with Crippen LogP contribution < -0.4 is 10.2 Å². The summed E-state index contributed by atoms with van der Waals surface area (Å²) >= 11 is 0. The van der Waals surface area contributed by atoms with E-state index in [9.17, 15) is 14.0 Å². The van der Waals surface area contributed by atoms with Gasteiger partial charge >= 0.3 is 6.03 Å². The quantitative estimate of drug-likeness (QED) is 0.624. The van der Waals surface area contributed by atoms with E-state index in [0.29, 0.717) is 44.0 Å². The van der Waals surface area contributed by atoms with Gasteiger partial charge in [0.05, 0.1) is 11.9 Å². The number of anilines is 2. The van der Waals surface area contributed by atoms with Crippen molar-refractivity contribution in [3.05, 3.63) is 89.9 Å². The highest BCUT2D eigenvalue weighted by Gasteiger charge is 2.30. The van der Waals surface area contributed by atoms with Crippen LogP contribution in [0.5, 0.6) is 0 Å². The number of urea groups is 1. The van der Waals surface area contributed by atoms with Crippen LogP contribution >= 0.6 is 0 Å². The maximum Gasteiger partial charge on any atom is 0.326 e. The van der Waals surface area contributed by atoms with Crippen molar-refractivity contribution >= 4 is 23.4 Å². The maximum absolute atomic E-state index is 13.1. The van der Waals surface area contributed by atoms with E-state index in [-0.39, 0.29) is 17.8 Å². The molecule has 1 aliphatic heterocycles. The highest BCUT2D eigenvalue weighted by Crippen LogP contribution is 2.21. The molecule has 0 aliphatic carbocycles. The van der Waals surface area contributed by atoms with Crippen LogP contribution in [0.4, 0.5) is 20.7 Å². The van der Waals surface area contributed by atoms with Gasteiger partial charge in [-0.2, -0.15) is 0 Å². The zero-order valence-corrected chi connectivity index (χ0v) is 17.0. The number of carbonyl (C=O) groups excluding carboxylic acids is 2. The minimum atomic E-state index is -0.297. The average Bonchev–Trinajstić information content (AvgIpc) is 3.15. The third kappa shape index (κ3) is 5.25. The van der Waals surface area contributed by atoms with Crippen molar-refractivity contribution in [1.82, 2.24) is 9.88 Å². The van der Waals surface area contributed by atoms with Gasteiger partial charge in [-0.3, -0.25) is 9.69 Å². The van der Waals surface area contributed by atoms with E-state index < -0.39 is 0 Å². The standard InChI is InChI=1S/C24H23FN4O2/c25-20-9-6-19(7-10-20)17-28-14-15-29(24(28)31)22-12-11-21(16-26-22)27-23(30)13-8-18-4-2-1-3-5-18/h1-7,9-12,16H,8,13-15,17H2,(H,27,30). The van der Waals surface area contributed by atoms with Gasteiger partial charge in [-0.05, 0) is 41.8 Å². The first-order valence-electron chi connectivity index (χ1n) is 10.2. The highest BCUT2D eigenvalue weighted by molar-refractivity contribution is 5.94. The summed E-state index contributed by atoms with van der Waals surface area (Å²) in [5.41, 5.74) is 2.58. The fourth-order valence-corrected chi connectivity index (χ4v) is 3.50. The number of rotatable bonds is 7. The monoisotopic (exact) mass is 418 g/mol. The lowest BCUT2D eigenvalue weighted by atomic mass is 10.1. The molecule has 3 aromatic rings. The molecule has 0 atom stereocenters. The summed E-state index contributed by atoms with van der Waals surface area (Å²) in [4.78, 5) is 32.6. The molecule has 0 bridgehead atoms. The molecule has 0 unspecified atom stereocenters. The summed E-state index contributed by atoms with van der Waals surface area (Å²) < 4.78 is 13.1. The predicted octanol–water partition coefficient (Wildman–Crippen LogP) is 4.23. The van der Waals surface area contributed by atoms with Gasteiger partial charge in [-0.1, -0.05) is 42.5 Å². The first-order valence-corrected chi connectivity index (χ1v) is 10.2. The Morgan fingerprint density at radius 1 is 0.968 bits per heavy atom. The molecular formula is C24H23FN4O2. The summed E-state index contributed by atoms with van der Waals surface area (Å²) in [6.07, 6.45) is 2.62. The van der Waals surface area contributed by atoms with Crippen LogP contribution in [0.25, 0.3) is 0 Å². The molecule has 158 valence electrons. The van der Waals surface area contributed by atoms with Crippen molar-refractivity contribution in [2.45, 2.75) is 19.4 Å². The molecule has 7 heteroatoms. The second kappa shape index (κ2) is 9.38. The maximum atomic E-state index is 13.1. The van der Waals surface area contributed by atoms with Crippen molar-refractivity contribution in [2.24, 2.45) is 0 Å². The van der Waals surface area contributed by atoms with Crippen LogP contribution in [0.1, 0.15) is 17.5 Å². The Hall–Kier alpha value is -3.74. The summed E-state index contributed by atoms with van der Waals surface area (Å²) in [6.45, 7) is 1.51. The number of aromatic nitrogens is 1. The number of pyridine rings is 1. The molecule has 31 heavy (non-hydrogen) atoms. The third-order valence-electron chi connectivity index (χ3n) is 5.17. The van der Waals surface area contributed by atoms with E-state index in [4.69, 9.17) is 0 Å². The second-order valence-corrected chi connectivity index (χ2v) is 7.42. The van der Waals surface area contributed by atoms with E-state index in [1.807, 2.05) is 30.3 Å². The molecule has 3 amide bonds. The first kappa shape index (κ1) is 20.5. The number of hydrogen-bond acceptors (Lipinski definition) is 3. The van der Waals surface area contributed by atoms with Gasteiger partial charge < -0.3 is 10.2 Å². The van der Waals surface area contributed by atoms with E-state index in [1.54, 1.807) is 40.3 Å². The lowest BCUT2D eigenvalue weighted by molar-refractivity contribution is -0.116. The SMILES string of the molecule is O=C(CCc1ccccc1)Nc1ccc(N2CCN(Cc3ccc(F)cc3)C2=O)nc1. The van der Waals surface area contributed by atoms with E-state index in [2.05, 4.69) is 10.3 Å². The van der Waals surface area contributed by atoms with Crippen molar-refractivity contribution in [3.63, 3.8) is 0 Å². The Bertz CT molecular complexity index is 1040. The summed E-state index contributed by atoms with van der Waals surface area (Å²) in [7, 11) is 0. The number of aryl methyl sites for hydroxylation is 1. The molecule has 1 N–H and O–H groups in total. The number of hydrogen-bond donors (Lipinski definition) is 1. The van der Waals surface area contributed by atoms with Gasteiger partial charge in [0.25, 0.3) is 0 Å². The van der Waals surface area contributed by atoms with Crippen molar-refractivity contribution < 1.29 is 14.0 Å². The second-order valence-electron chi connectivity index (χ2n) is 7.42. The average molecular weight is 418 g/mol. The van der Waals surface area contributed by atoms with Crippen LogP contribution in [-0.2, 0) is 17.8 Å². The first-order chi connectivity index (χ1) is 15.1. The zero-order valence-electron chi connectivity index (χ0n) is 17.0. The normalized spacial score (nSPS) is 13.5. The van der Waals surface area contributed by atoms with E-state index in [1.165, 1.54) is 12.1 Å². The van der Waals surface area contributed by atoms with Crippen LogP contribution in [0.2, 0.25) is 0 Å². The molecule has 4 rings (SSSR count). The van der Waals surface area contributed by atoms with Gasteiger partial charge in [-0.15, -0.1) is 0 Å². The van der Waals surface area contributed by atoms with Crippen LogP contribution in [0.3, 0.4) is 0 Å². The molecule has 6 nitrogen and oxygen atoms in total. The van der Waals surface area contributed by atoms with Crippen molar-refractivity contribution in [3.8, 4) is 0 Å². The van der Waals surface area contributed by atoms with Crippen LogP contribution in [0, 0.1) is 5.82 Å². The predicted molar refractivity (Wildman–Crippen MR) is 117 cm³/mol. The molecule has 1 saturated heterocycles. The molecular weight excluding hydrogens is 395 g/mol. The number of benzene rings is 2. The van der Waals surface area contributed by atoms with Crippen molar-refractivity contribution in [2.75, 3.05) is 23.3 Å². The van der Waals surface area contributed by atoms with E-state index in [0.717, 1.165) is 11.1 Å². The lowest BCUT2D eigenvalue weighted by Gasteiger charge is -2.18. The molecule has 1 aromatic heterocycles.